The minimum absolute atomic E-state index is 0. The number of nitrogens with zero attached hydrogens (tertiary/aromatic N) is 3. The van der Waals surface area contributed by atoms with Crippen LogP contribution >= 0.6 is 0 Å². The average Bonchev–Trinajstić information content (AvgIpc) is 2.51. The second-order valence-electron chi connectivity index (χ2n) is 3.41. The first-order valence-electron chi connectivity index (χ1n) is 5.01. The van der Waals surface area contributed by atoms with Crippen molar-refractivity contribution in [1.29, 1.82) is 0 Å². The van der Waals surface area contributed by atoms with Gasteiger partial charge >= 0.3 is 5.82 Å². The van der Waals surface area contributed by atoms with Gasteiger partial charge in [-0.1, -0.05) is 18.5 Å². The predicted octanol–water partition coefficient (Wildman–Crippen LogP) is -1.69. The van der Waals surface area contributed by atoms with E-state index in [1.54, 1.807) is 0 Å². The van der Waals surface area contributed by atoms with Crippen LogP contribution in [0.3, 0.4) is 0 Å². The highest BCUT2D eigenvalue weighted by Gasteiger charge is 2.11. The maximum atomic E-state index is 8.50. The molecular formula is C10H18IN3O. The molecule has 0 atom stereocenters. The smallest absolute Gasteiger partial charge is 0.303 e. The van der Waals surface area contributed by atoms with E-state index in [1.807, 2.05) is 24.0 Å². The van der Waals surface area contributed by atoms with Gasteiger partial charge in [-0.3, -0.25) is 0 Å². The van der Waals surface area contributed by atoms with Gasteiger partial charge < -0.3 is 29.2 Å². The normalized spacial score (nSPS) is 10.5. The lowest BCUT2D eigenvalue weighted by atomic mass is 10.2. The largest absolute Gasteiger partial charge is 1.00 e. The van der Waals surface area contributed by atoms with E-state index in [1.165, 1.54) is 19.1 Å². The van der Waals surface area contributed by atoms with Crippen LogP contribution in [-0.4, -0.2) is 16.0 Å². The van der Waals surface area contributed by atoms with Gasteiger partial charge in [0.15, 0.2) is 6.21 Å². The zero-order valence-electron chi connectivity index (χ0n) is 9.23. The van der Waals surface area contributed by atoms with Gasteiger partial charge in [0.25, 0.3) is 0 Å². The highest BCUT2D eigenvalue weighted by atomic mass is 127. The number of hydrogen-bond acceptors (Lipinski definition) is 2. The molecule has 0 unspecified atom stereocenters. The van der Waals surface area contributed by atoms with Crippen molar-refractivity contribution in [3.63, 3.8) is 0 Å². The molecule has 0 amide bonds. The lowest BCUT2D eigenvalue weighted by Crippen LogP contribution is -3.00. The molecule has 1 heterocycles. The molecule has 0 aliphatic carbocycles. The first-order chi connectivity index (χ1) is 6.79. The minimum Gasteiger partial charge on any atom is -1.00 e. The topological polar surface area (TPSA) is 41.4 Å². The number of aryl methyl sites for hydroxylation is 2. The van der Waals surface area contributed by atoms with Crippen LogP contribution in [-0.2, 0) is 13.6 Å². The summed E-state index contributed by atoms with van der Waals surface area (Å²) in [6, 6.07) is 0. The van der Waals surface area contributed by atoms with Gasteiger partial charge in [-0.05, 0) is 12.8 Å². The summed E-state index contributed by atoms with van der Waals surface area (Å²) in [6.45, 7) is 3.17. The van der Waals surface area contributed by atoms with Crippen LogP contribution in [0.5, 0.6) is 0 Å². The number of aromatic nitrogens is 2. The lowest BCUT2D eigenvalue weighted by Gasteiger charge is -1.97. The Morgan fingerprint density at radius 1 is 1.53 bits per heavy atom. The molecule has 15 heavy (non-hydrogen) atoms. The molecule has 1 N–H and O–H groups in total. The molecule has 0 aromatic carbocycles. The van der Waals surface area contributed by atoms with Crippen LogP contribution < -0.4 is 28.5 Å². The second-order valence-corrected chi connectivity index (χ2v) is 3.41. The number of imidazole rings is 1. The maximum Gasteiger partial charge on any atom is 0.303 e. The van der Waals surface area contributed by atoms with Crippen molar-refractivity contribution in [2.75, 3.05) is 0 Å². The molecule has 4 nitrogen and oxygen atoms in total. The Hall–Kier alpha value is -0.590. The van der Waals surface area contributed by atoms with Crippen LogP contribution in [0.15, 0.2) is 17.5 Å². The molecule has 0 bridgehead atoms. The van der Waals surface area contributed by atoms with Crippen LogP contribution in [0.2, 0.25) is 0 Å². The molecule has 1 rings (SSSR count). The molecule has 0 aliphatic rings. The highest BCUT2D eigenvalue weighted by molar-refractivity contribution is 5.72. The number of rotatable bonds is 5. The Morgan fingerprint density at radius 3 is 2.87 bits per heavy atom. The van der Waals surface area contributed by atoms with E-state index in [2.05, 4.69) is 16.6 Å². The van der Waals surface area contributed by atoms with Crippen molar-refractivity contribution in [3.05, 3.63) is 18.2 Å². The van der Waals surface area contributed by atoms with E-state index in [-0.39, 0.29) is 24.0 Å². The Bertz CT molecular complexity index is 310. The minimum atomic E-state index is 0. The van der Waals surface area contributed by atoms with Crippen LogP contribution in [0.1, 0.15) is 32.0 Å². The maximum absolute atomic E-state index is 8.50. The number of oxime groups is 1. The fraction of sp³-hybridized carbons (Fsp3) is 0.600. The third-order valence-electron chi connectivity index (χ3n) is 2.30. The fourth-order valence-electron chi connectivity index (χ4n) is 1.47. The fourth-order valence-corrected chi connectivity index (χ4v) is 1.47. The number of halogens is 1. The van der Waals surface area contributed by atoms with Crippen molar-refractivity contribution in [1.82, 2.24) is 4.57 Å². The summed E-state index contributed by atoms with van der Waals surface area (Å²) in [5.41, 5.74) is 0. The lowest BCUT2D eigenvalue weighted by molar-refractivity contribution is -0.671. The van der Waals surface area contributed by atoms with Gasteiger partial charge in [0.1, 0.15) is 12.4 Å². The monoisotopic (exact) mass is 323 g/mol. The number of hydrogen-bond donors (Lipinski definition) is 1. The molecule has 1 aromatic rings. The summed E-state index contributed by atoms with van der Waals surface area (Å²) in [4.78, 5) is 0. The SMILES string of the molecule is CCCCCn1cc[n+](C)c1/C=N/O.[I-]. The van der Waals surface area contributed by atoms with Gasteiger partial charge in [0.2, 0.25) is 0 Å². The number of unbranched alkanes of at least 4 members (excludes halogenated alkanes) is 2. The van der Waals surface area contributed by atoms with Crippen molar-refractivity contribution in [3.8, 4) is 0 Å². The quantitative estimate of drug-likeness (QED) is 0.172. The van der Waals surface area contributed by atoms with Gasteiger partial charge in [0.05, 0.1) is 13.6 Å². The van der Waals surface area contributed by atoms with E-state index in [4.69, 9.17) is 5.21 Å². The van der Waals surface area contributed by atoms with Crippen LogP contribution in [0.4, 0.5) is 0 Å². The van der Waals surface area contributed by atoms with Gasteiger partial charge in [0, 0.05) is 0 Å². The third kappa shape index (κ3) is 4.19. The molecule has 1 aromatic heterocycles. The third-order valence-corrected chi connectivity index (χ3v) is 2.30. The summed E-state index contributed by atoms with van der Waals surface area (Å²) in [5.74, 6) is 0.920. The molecular weight excluding hydrogens is 305 g/mol. The van der Waals surface area contributed by atoms with E-state index in [9.17, 15) is 0 Å². The zero-order chi connectivity index (χ0) is 10.4. The van der Waals surface area contributed by atoms with Gasteiger partial charge in [-0.25, -0.2) is 9.13 Å². The molecule has 86 valence electrons. The first-order valence-corrected chi connectivity index (χ1v) is 5.01. The Kier molecular flexibility index (Phi) is 7.37. The summed E-state index contributed by atoms with van der Waals surface area (Å²) < 4.78 is 4.03. The van der Waals surface area contributed by atoms with Gasteiger partial charge in [-0.15, -0.1) is 0 Å². The van der Waals surface area contributed by atoms with E-state index in [0.717, 1.165) is 18.8 Å². The summed E-state index contributed by atoms with van der Waals surface area (Å²) in [5, 5.41) is 11.6. The van der Waals surface area contributed by atoms with Crippen LogP contribution in [0, 0.1) is 0 Å². The summed E-state index contributed by atoms with van der Waals surface area (Å²) in [6.07, 6.45) is 9.05. The Morgan fingerprint density at radius 2 is 2.27 bits per heavy atom. The average molecular weight is 323 g/mol. The van der Waals surface area contributed by atoms with Crippen molar-refractivity contribution >= 4 is 6.21 Å². The zero-order valence-corrected chi connectivity index (χ0v) is 11.4. The van der Waals surface area contributed by atoms with Crippen molar-refractivity contribution in [2.45, 2.75) is 32.7 Å². The van der Waals surface area contributed by atoms with Crippen molar-refractivity contribution < 1.29 is 33.8 Å². The molecule has 0 radical (unpaired) electrons. The van der Waals surface area contributed by atoms with Gasteiger partial charge in [-0.2, -0.15) is 0 Å². The molecule has 0 aliphatic heterocycles. The van der Waals surface area contributed by atoms with E-state index < -0.39 is 0 Å². The highest BCUT2D eigenvalue weighted by Crippen LogP contribution is 2.00. The molecule has 5 heteroatoms. The summed E-state index contributed by atoms with van der Waals surface area (Å²) >= 11 is 0. The standard InChI is InChI=1S/C10H17N3O.HI/c1-3-4-5-6-13-8-7-12(2)10(13)9-11-14;/h7-9H,3-6H2,1-2H3;1H. The van der Waals surface area contributed by atoms with Crippen LogP contribution in [0.25, 0.3) is 0 Å². The molecule has 0 fully saturated rings. The summed E-state index contributed by atoms with van der Waals surface area (Å²) in [7, 11) is 1.94. The van der Waals surface area contributed by atoms with Crippen molar-refractivity contribution in [2.24, 2.45) is 12.2 Å². The second kappa shape index (κ2) is 7.67. The van der Waals surface area contributed by atoms with E-state index in [0.29, 0.717) is 0 Å². The molecule has 0 saturated heterocycles. The first kappa shape index (κ1) is 14.4. The molecule has 0 saturated carbocycles. The Labute approximate surface area is 108 Å². The predicted molar refractivity (Wildman–Crippen MR) is 54.5 cm³/mol. The van der Waals surface area contributed by atoms with E-state index >= 15 is 0 Å². The Balaban J connectivity index is 0.00000196. The molecule has 0 spiro atoms.